The van der Waals surface area contributed by atoms with E-state index in [0.717, 1.165) is 18.7 Å². The zero-order chi connectivity index (χ0) is 14.5. The molecular weight excluding hydrogens is 274 g/mol. The number of sulfone groups is 1. The van der Waals surface area contributed by atoms with Crippen LogP contribution in [0.3, 0.4) is 0 Å². The van der Waals surface area contributed by atoms with Crippen LogP contribution in [0.15, 0.2) is 29.2 Å². The van der Waals surface area contributed by atoms with Crippen molar-refractivity contribution in [2.24, 2.45) is 11.3 Å². The number of nitrogens with one attached hydrogen (secondary N) is 1. The maximum Gasteiger partial charge on any atom is 0.175 e. The van der Waals surface area contributed by atoms with Crippen LogP contribution in [-0.2, 0) is 14.6 Å². The monoisotopic (exact) mass is 295 g/mol. The lowest BCUT2D eigenvalue weighted by Crippen LogP contribution is -2.63. The number of anilines is 1. The summed E-state index contributed by atoms with van der Waals surface area (Å²) in [6.07, 6.45) is 2.69. The number of ether oxygens (including phenoxy) is 1. The third-order valence-electron chi connectivity index (χ3n) is 4.71. The first-order valence-electron chi connectivity index (χ1n) is 6.98. The number of hydrogen-bond acceptors (Lipinski definition) is 4. The fourth-order valence-corrected chi connectivity index (χ4v) is 4.23. The van der Waals surface area contributed by atoms with E-state index >= 15 is 0 Å². The van der Waals surface area contributed by atoms with Gasteiger partial charge in [-0.15, -0.1) is 0 Å². The number of hydrogen-bond donors (Lipinski definition) is 1. The molecule has 1 saturated carbocycles. The van der Waals surface area contributed by atoms with Crippen molar-refractivity contribution in [1.82, 2.24) is 0 Å². The molecule has 2 aliphatic rings. The molecule has 1 N–H and O–H groups in total. The molecule has 5 heteroatoms. The molecule has 0 radical (unpaired) electrons. The fourth-order valence-electron chi connectivity index (χ4n) is 3.60. The molecule has 2 fully saturated rings. The molecule has 1 aliphatic carbocycles. The molecule has 3 atom stereocenters. The van der Waals surface area contributed by atoms with E-state index in [9.17, 15) is 8.42 Å². The van der Waals surface area contributed by atoms with Gasteiger partial charge in [0.15, 0.2) is 9.84 Å². The van der Waals surface area contributed by atoms with Crippen LogP contribution in [-0.4, -0.2) is 33.4 Å². The standard InChI is InChI=1S/C15H21NO3S/c1-15(2)13(12-8-9-19-14(12)15)16-10-4-6-11(7-5-10)20(3,17)18/h4-7,12-14,16H,8-9H2,1-3H3. The third kappa shape index (κ3) is 2.13. The second kappa shape index (κ2) is 4.46. The minimum atomic E-state index is -3.12. The Balaban J connectivity index is 1.76. The summed E-state index contributed by atoms with van der Waals surface area (Å²) < 4.78 is 28.7. The van der Waals surface area contributed by atoms with Crippen LogP contribution >= 0.6 is 0 Å². The lowest BCUT2D eigenvalue weighted by molar-refractivity contribution is -0.0923. The van der Waals surface area contributed by atoms with Crippen LogP contribution in [0.2, 0.25) is 0 Å². The Bertz CT molecular complexity index is 607. The first-order chi connectivity index (χ1) is 9.30. The number of rotatable bonds is 3. The summed E-state index contributed by atoms with van der Waals surface area (Å²) in [6, 6.07) is 7.39. The molecule has 0 bridgehead atoms. The molecule has 20 heavy (non-hydrogen) atoms. The van der Waals surface area contributed by atoms with Crippen molar-refractivity contribution < 1.29 is 13.2 Å². The molecule has 0 amide bonds. The van der Waals surface area contributed by atoms with Gasteiger partial charge in [0.25, 0.3) is 0 Å². The molecule has 1 aliphatic heterocycles. The first-order valence-corrected chi connectivity index (χ1v) is 8.87. The topological polar surface area (TPSA) is 55.4 Å². The quantitative estimate of drug-likeness (QED) is 0.930. The predicted octanol–water partition coefficient (Wildman–Crippen LogP) is 2.32. The summed E-state index contributed by atoms with van der Waals surface area (Å²) in [6.45, 7) is 5.30. The highest BCUT2D eigenvalue weighted by molar-refractivity contribution is 7.90. The van der Waals surface area contributed by atoms with E-state index < -0.39 is 9.84 Å². The van der Waals surface area contributed by atoms with E-state index in [1.54, 1.807) is 12.1 Å². The Morgan fingerprint density at radius 3 is 2.50 bits per heavy atom. The van der Waals surface area contributed by atoms with Gasteiger partial charge in [-0.05, 0) is 30.7 Å². The summed E-state index contributed by atoms with van der Waals surface area (Å²) in [7, 11) is -3.12. The van der Waals surface area contributed by atoms with Crippen molar-refractivity contribution in [3.63, 3.8) is 0 Å². The highest BCUT2D eigenvalue weighted by Crippen LogP contribution is 2.53. The highest BCUT2D eigenvalue weighted by atomic mass is 32.2. The maximum absolute atomic E-state index is 11.4. The fraction of sp³-hybridized carbons (Fsp3) is 0.600. The van der Waals surface area contributed by atoms with E-state index in [1.165, 1.54) is 6.26 Å². The van der Waals surface area contributed by atoms with Gasteiger partial charge < -0.3 is 10.1 Å². The van der Waals surface area contributed by atoms with Crippen molar-refractivity contribution in [1.29, 1.82) is 0 Å². The molecule has 0 aromatic heterocycles. The van der Waals surface area contributed by atoms with E-state index in [2.05, 4.69) is 19.2 Å². The highest BCUT2D eigenvalue weighted by Gasteiger charge is 2.59. The molecule has 3 unspecified atom stereocenters. The van der Waals surface area contributed by atoms with Crippen molar-refractivity contribution in [2.45, 2.75) is 37.3 Å². The summed E-state index contributed by atoms with van der Waals surface area (Å²) >= 11 is 0. The summed E-state index contributed by atoms with van der Waals surface area (Å²) in [4.78, 5) is 0.359. The number of benzene rings is 1. The second-order valence-electron chi connectivity index (χ2n) is 6.48. The van der Waals surface area contributed by atoms with Gasteiger partial charge in [0, 0.05) is 35.9 Å². The van der Waals surface area contributed by atoms with Gasteiger partial charge in [0.2, 0.25) is 0 Å². The van der Waals surface area contributed by atoms with Crippen molar-refractivity contribution >= 4 is 15.5 Å². The van der Waals surface area contributed by atoms with Crippen LogP contribution < -0.4 is 5.32 Å². The van der Waals surface area contributed by atoms with Crippen LogP contribution in [0.25, 0.3) is 0 Å². The Morgan fingerprint density at radius 2 is 1.90 bits per heavy atom. The minimum absolute atomic E-state index is 0.122. The Labute approximate surface area is 120 Å². The maximum atomic E-state index is 11.4. The molecule has 1 aromatic rings. The Kier molecular flexibility index (Phi) is 3.10. The first kappa shape index (κ1) is 13.9. The Morgan fingerprint density at radius 1 is 1.25 bits per heavy atom. The zero-order valence-electron chi connectivity index (χ0n) is 12.1. The zero-order valence-corrected chi connectivity index (χ0v) is 12.9. The van der Waals surface area contributed by atoms with E-state index in [-0.39, 0.29) is 5.41 Å². The van der Waals surface area contributed by atoms with Crippen molar-refractivity contribution in [3.05, 3.63) is 24.3 Å². The SMILES string of the molecule is CC1(C)C(Nc2ccc(S(C)(=O)=O)cc2)C2CCOC21. The third-order valence-corrected chi connectivity index (χ3v) is 5.83. The van der Waals surface area contributed by atoms with Crippen molar-refractivity contribution in [2.75, 3.05) is 18.2 Å². The minimum Gasteiger partial charge on any atom is -0.381 e. The smallest absolute Gasteiger partial charge is 0.175 e. The van der Waals surface area contributed by atoms with Gasteiger partial charge in [-0.2, -0.15) is 0 Å². The average molecular weight is 295 g/mol. The van der Waals surface area contributed by atoms with Crippen LogP contribution in [0.4, 0.5) is 5.69 Å². The van der Waals surface area contributed by atoms with E-state index in [0.29, 0.717) is 23.0 Å². The van der Waals surface area contributed by atoms with Gasteiger partial charge >= 0.3 is 0 Å². The summed E-state index contributed by atoms with van der Waals surface area (Å²) in [5, 5.41) is 3.54. The van der Waals surface area contributed by atoms with E-state index in [4.69, 9.17) is 4.74 Å². The number of fused-ring (bicyclic) bond motifs is 1. The molecule has 1 saturated heterocycles. The van der Waals surface area contributed by atoms with Gasteiger partial charge in [-0.3, -0.25) is 0 Å². The lowest BCUT2D eigenvalue weighted by Gasteiger charge is -2.55. The average Bonchev–Trinajstić information content (AvgIpc) is 2.82. The molecule has 3 rings (SSSR count). The summed E-state index contributed by atoms with van der Waals surface area (Å²) in [5.74, 6) is 0.569. The normalized spacial score (nSPS) is 31.4. The lowest BCUT2D eigenvalue weighted by atomic mass is 9.57. The van der Waals surface area contributed by atoms with Gasteiger partial charge in [0.05, 0.1) is 11.0 Å². The van der Waals surface area contributed by atoms with Crippen LogP contribution in [0, 0.1) is 11.3 Å². The van der Waals surface area contributed by atoms with Crippen LogP contribution in [0.1, 0.15) is 20.3 Å². The van der Waals surface area contributed by atoms with Gasteiger partial charge in [-0.25, -0.2) is 8.42 Å². The molecule has 4 nitrogen and oxygen atoms in total. The molecule has 110 valence electrons. The predicted molar refractivity (Wildman–Crippen MR) is 78.6 cm³/mol. The van der Waals surface area contributed by atoms with E-state index in [1.807, 2.05) is 12.1 Å². The molecule has 1 aromatic carbocycles. The van der Waals surface area contributed by atoms with Crippen LogP contribution in [0.5, 0.6) is 0 Å². The largest absolute Gasteiger partial charge is 0.381 e. The Hall–Kier alpha value is -1.07. The van der Waals surface area contributed by atoms with Crippen molar-refractivity contribution in [3.8, 4) is 0 Å². The second-order valence-corrected chi connectivity index (χ2v) is 8.50. The summed E-state index contributed by atoms with van der Waals surface area (Å²) in [5.41, 5.74) is 1.09. The van der Waals surface area contributed by atoms with Gasteiger partial charge in [-0.1, -0.05) is 13.8 Å². The molecular formula is C15H21NO3S. The molecule has 0 spiro atoms. The molecule has 1 heterocycles. The van der Waals surface area contributed by atoms with Gasteiger partial charge in [0.1, 0.15) is 0 Å².